The molecule has 0 fully saturated rings. The molecular weight excluding hydrogens is 394 g/mol. The van der Waals surface area contributed by atoms with Gasteiger partial charge in [-0.3, -0.25) is 4.79 Å². The lowest BCUT2D eigenvalue weighted by atomic mass is 10.2. The molecule has 0 saturated carbocycles. The third-order valence-electron chi connectivity index (χ3n) is 3.54. The molecule has 1 aromatic heterocycles. The Kier molecular flexibility index (Phi) is 5.46. The number of aromatic nitrogens is 2. The Morgan fingerprint density at radius 3 is 2.57 bits per heavy atom. The Balaban J connectivity index is 1.96. The van der Waals surface area contributed by atoms with E-state index in [1.54, 1.807) is 0 Å². The van der Waals surface area contributed by atoms with Gasteiger partial charge in [0.2, 0.25) is 5.91 Å². The quantitative estimate of drug-likeness (QED) is 0.557. The van der Waals surface area contributed by atoms with E-state index in [2.05, 4.69) is 20.6 Å². The number of carbonyl (C=O) groups is 2. The highest BCUT2D eigenvalue weighted by Crippen LogP contribution is 2.29. The van der Waals surface area contributed by atoms with Crippen LogP contribution in [0.25, 0.3) is 10.9 Å². The second kappa shape index (κ2) is 7.97. The van der Waals surface area contributed by atoms with Crippen LogP contribution in [0.5, 0.6) is 0 Å². The zero-order valence-electron chi connectivity index (χ0n) is 13.9. The molecule has 0 atom stereocenters. The summed E-state index contributed by atoms with van der Waals surface area (Å²) in [7, 11) is 0. The largest absolute Gasteiger partial charge is 0.478 e. The molecule has 2 aromatic carbocycles. The smallest absolute Gasteiger partial charge is 0.328 e. The summed E-state index contributed by atoms with van der Waals surface area (Å²) in [4.78, 5) is 30.2. The fourth-order valence-electron chi connectivity index (χ4n) is 2.30. The molecule has 0 spiro atoms. The minimum atomic E-state index is -1.31. The highest BCUT2D eigenvalue weighted by Gasteiger charge is 2.12. The van der Waals surface area contributed by atoms with Crippen molar-refractivity contribution >= 4 is 51.6 Å². The standard InChI is InChI=1S/C18H11ClF2N4O3/c19-11-5-9(1-2-12(11)20)24-18-10-6-15(25-16(26)3-4-17(27)28)13(21)7-14(10)22-8-23-18/h1-8H,(H,25,26)(H,27,28)(H,22,23,24). The van der Waals surface area contributed by atoms with Crippen molar-refractivity contribution in [3.8, 4) is 0 Å². The van der Waals surface area contributed by atoms with E-state index in [9.17, 15) is 18.4 Å². The van der Waals surface area contributed by atoms with Crippen molar-refractivity contribution in [2.75, 3.05) is 10.6 Å². The van der Waals surface area contributed by atoms with Gasteiger partial charge in [0.25, 0.3) is 0 Å². The van der Waals surface area contributed by atoms with Crippen LogP contribution in [0.3, 0.4) is 0 Å². The van der Waals surface area contributed by atoms with Crippen molar-refractivity contribution in [1.82, 2.24) is 9.97 Å². The first-order valence-corrected chi connectivity index (χ1v) is 8.09. The lowest BCUT2D eigenvalue weighted by molar-refractivity contribution is -0.131. The molecule has 7 nitrogen and oxygen atoms in total. The molecule has 0 aliphatic carbocycles. The number of fused-ring (bicyclic) bond motifs is 1. The van der Waals surface area contributed by atoms with Crippen molar-refractivity contribution in [3.63, 3.8) is 0 Å². The Bertz CT molecular complexity index is 1120. The van der Waals surface area contributed by atoms with Crippen LogP contribution in [0.1, 0.15) is 0 Å². The number of carbonyl (C=O) groups excluding carboxylic acids is 1. The van der Waals surface area contributed by atoms with Gasteiger partial charge in [-0.15, -0.1) is 0 Å². The van der Waals surface area contributed by atoms with Crippen molar-refractivity contribution in [1.29, 1.82) is 0 Å². The molecule has 0 radical (unpaired) electrons. The first kappa shape index (κ1) is 19.2. The number of halogens is 3. The van der Waals surface area contributed by atoms with Crippen molar-refractivity contribution in [3.05, 3.63) is 65.5 Å². The first-order chi connectivity index (χ1) is 13.3. The zero-order chi connectivity index (χ0) is 20.3. The normalized spacial score (nSPS) is 11.0. The average Bonchev–Trinajstić information content (AvgIpc) is 2.64. The molecule has 0 aliphatic rings. The molecule has 3 aromatic rings. The SMILES string of the molecule is O=C(O)C=CC(=O)Nc1cc2c(Nc3ccc(F)c(Cl)c3)ncnc2cc1F. The van der Waals surface area contributed by atoms with Crippen LogP contribution in [0.4, 0.5) is 26.0 Å². The molecule has 0 unspecified atom stereocenters. The number of nitrogens with zero attached hydrogens (tertiary/aromatic N) is 2. The second-order valence-corrected chi connectivity index (χ2v) is 5.89. The van der Waals surface area contributed by atoms with Crippen LogP contribution in [0.15, 0.2) is 48.8 Å². The fourth-order valence-corrected chi connectivity index (χ4v) is 2.49. The Hall–Kier alpha value is -3.59. The van der Waals surface area contributed by atoms with Gasteiger partial charge in [0.1, 0.15) is 23.8 Å². The predicted molar refractivity (Wildman–Crippen MR) is 99.6 cm³/mol. The molecule has 0 bridgehead atoms. The molecule has 1 amide bonds. The maximum Gasteiger partial charge on any atom is 0.328 e. The molecule has 3 rings (SSSR count). The summed E-state index contributed by atoms with van der Waals surface area (Å²) in [6, 6.07) is 6.36. The summed E-state index contributed by atoms with van der Waals surface area (Å²) < 4.78 is 27.6. The van der Waals surface area contributed by atoms with Gasteiger partial charge in [0, 0.05) is 29.3 Å². The lowest BCUT2D eigenvalue weighted by Gasteiger charge is -2.11. The number of carboxylic acids is 1. The summed E-state index contributed by atoms with van der Waals surface area (Å²) in [6.07, 6.45) is 2.60. The molecule has 1 heterocycles. The Labute approximate surface area is 161 Å². The third kappa shape index (κ3) is 4.38. The minimum Gasteiger partial charge on any atom is -0.478 e. The van der Waals surface area contributed by atoms with Crippen LogP contribution < -0.4 is 10.6 Å². The summed E-state index contributed by atoms with van der Waals surface area (Å²) in [5, 5.41) is 14.0. The number of hydrogen-bond acceptors (Lipinski definition) is 5. The van der Waals surface area contributed by atoms with E-state index in [-0.39, 0.29) is 22.0 Å². The van der Waals surface area contributed by atoms with Crippen molar-refractivity contribution < 1.29 is 23.5 Å². The zero-order valence-corrected chi connectivity index (χ0v) is 14.7. The number of anilines is 3. The third-order valence-corrected chi connectivity index (χ3v) is 3.83. The molecular formula is C18H11ClF2N4O3. The number of benzene rings is 2. The number of hydrogen-bond donors (Lipinski definition) is 3. The highest BCUT2D eigenvalue weighted by atomic mass is 35.5. The molecule has 0 aliphatic heterocycles. The summed E-state index contributed by atoms with van der Waals surface area (Å²) >= 11 is 5.76. The van der Waals surface area contributed by atoms with Crippen LogP contribution in [-0.2, 0) is 9.59 Å². The topological polar surface area (TPSA) is 104 Å². The summed E-state index contributed by atoms with van der Waals surface area (Å²) in [5.41, 5.74) is 0.496. The lowest BCUT2D eigenvalue weighted by Crippen LogP contribution is -2.10. The van der Waals surface area contributed by atoms with Gasteiger partial charge in [-0.05, 0) is 24.3 Å². The second-order valence-electron chi connectivity index (χ2n) is 5.49. The van der Waals surface area contributed by atoms with Gasteiger partial charge in [-0.25, -0.2) is 23.5 Å². The van der Waals surface area contributed by atoms with Crippen LogP contribution in [0.2, 0.25) is 5.02 Å². The van der Waals surface area contributed by atoms with Gasteiger partial charge < -0.3 is 15.7 Å². The van der Waals surface area contributed by atoms with Gasteiger partial charge in [-0.1, -0.05) is 11.6 Å². The highest BCUT2D eigenvalue weighted by molar-refractivity contribution is 6.31. The van der Waals surface area contributed by atoms with E-state index in [1.807, 2.05) is 0 Å². The van der Waals surface area contributed by atoms with Crippen LogP contribution >= 0.6 is 11.6 Å². The summed E-state index contributed by atoms with van der Waals surface area (Å²) in [6.45, 7) is 0. The Morgan fingerprint density at radius 2 is 1.86 bits per heavy atom. The van der Waals surface area contributed by atoms with Gasteiger partial charge in [0.05, 0.1) is 16.2 Å². The van der Waals surface area contributed by atoms with E-state index in [0.717, 1.165) is 12.1 Å². The number of rotatable bonds is 5. The van der Waals surface area contributed by atoms with Crippen LogP contribution in [-0.4, -0.2) is 27.0 Å². The van der Waals surface area contributed by atoms with Gasteiger partial charge in [-0.2, -0.15) is 0 Å². The monoisotopic (exact) mass is 404 g/mol. The fraction of sp³-hybridized carbons (Fsp3) is 0. The number of nitrogens with one attached hydrogen (secondary N) is 2. The minimum absolute atomic E-state index is 0.0902. The molecule has 3 N–H and O–H groups in total. The van der Waals surface area contributed by atoms with Gasteiger partial charge >= 0.3 is 5.97 Å². The number of amides is 1. The first-order valence-electron chi connectivity index (χ1n) is 7.72. The maximum atomic E-state index is 14.2. The number of aliphatic carboxylic acids is 1. The molecule has 10 heteroatoms. The molecule has 28 heavy (non-hydrogen) atoms. The van der Waals surface area contributed by atoms with E-state index >= 15 is 0 Å². The van der Waals surface area contributed by atoms with Crippen molar-refractivity contribution in [2.45, 2.75) is 0 Å². The molecule has 142 valence electrons. The van der Waals surface area contributed by atoms with E-state index in [4.69, 9.17) is 16.7 Å². The predicted octanol–water partition coefficient (Wildman–Crippen LogP) is 3.88. The molecule has 0 saturated heterocycles. The summed E-state index contributed by atoms with van der Waals surface area (Å²) in [5.74, 6) is -3.21. The average molecular weight is 405 g/mol. The van der Waals surface area contributed by atoms with Crippen LogP contribution in [0, 0.1) is 11.6 Å². The maximum absolute atomic E-state index is 14.2. The Morgan fingerprint density at radius 1 is 1.07 bits per heavy atom. The van der Waals surface area contributed by atoms with E-state index in [1.165, 1.54) is 30.6 Å². The van der Waals surface area contributed by atoms with Crippen molar-refractivity contribution in [2.24, 2.45) is 0 Å². The van der Waals surface area contributed by atoms with E-state index < -0.39 is 23.5 Å². The van der Waals surface area contributed by atoms with E-state index in [0.29, 0.717) is 17.1 Å². The number of carboxylic acid groups (broad SMARTS) is 1. The van der Waals surface area contributed by atoms with Gasteiger partial charge in [0.15, 0.2) is 0 Å².